The molecule has 0 saturated heterocycles. The van der Waals surface area contributed by atoms with Gasteiger partial charge in [0, 0.05) is 23.3 Å². The molecule has 0 aliphatic heterocycles. The van der Waals surface area contributed by atoms with Gasteiger partial charge >= 0.3 is 0 Å². The van der Waals surface area contributed by atoms with Gasteiger partial charge in [0.25, 0.3) is 0 Å². The summed E-state index contributed by atoms with van der Waals surface area (Å²) < 4.78 is 0. The molecule has 2 aliphatic rings. The number of fused-ring (bicyclic) bond motifs is 1. The van der Waals surface area contributed by atoms with E-state index in [-0.39, 0.29) is 11.7 Å². The van der Waals surface area contributed by atoms with Crippen LogP contribution in [0.15, 0.2) is 11.1 Å². The molecule has 2 aliphatic carbocycles. The lowest BCUT2D eigenvalue weighted by molar-refractivity contribution is -0.127. The van der Waals surface area contributed by atoms with Crippen LogP contribution in [0.25, 0.3) is 0 Å². The van der Waals surface area contributed by atoms with Crippen molar-refractivity contribution in [2.45, 2.75) is 59.2 Å². The number of carbonyl (C=O) groups excluding carboxylic acids is 1. The molecule has 0 radical (unpaired) electrons. The summed E-state index contributed by atoms with van der Waals surface area (Å²) >= 11 is 0. The molecule has 0 aromatic rings. The van der Waals surface area contributed by atoms with Gasteiger partial charge in [-0.05, 0) is 31.3 Å². The van der Waals surface area contributed by atoms with Crippen LogP contribution in [0.1, 0.15) is 47.0 Å². The van der Waals surface area contributed by atoms with Crippen LogP contribution in [-0.4, -0.2) is 28.2 Å². The maximum Gasteiger partial charge on any atom is 0.162 e. The Morgan fingerprint density at radius 3 is 2.50 bits per heavy atom. The second-order valence-corrected chi connectivity index (χ2v) is 6.50. The predicted octanol–water partition coefficient (Wildman–Crippen LogP) is 2.07. The van der Waals surface area contributed by atoms with Gasteiger partial charge in [0.15, 0.2) is 5.78 Å². The highest BCUT2D eigenvalue weighted by atomic mass is 16.3. The van der Waals surface area contributed by atoms with Gasteiger partial charge in [0.05, 0.1) is 12.2 Å². The molecular weight excluding hydrogens is 228 g/mol. The lowest BCUT2D eigenvalue weighted by atomic mass is 9.58. The van der Waals surface area contributed by atoms with E-state index in [0.29, 0.717) is 17.9 Å². The number of ketones is 1. The third-order valence-corrected chi connectivity index (χ3v) is 5.01. The van der Waals surface area contributed by atoms with Crippen molar-refractivity contribution in [1.29, 1.82) is 0 Å². The Bertz CT molecular complexity index is 397. The molecule has 2 rings (SSSR count). The second kappa shape index (κ2) is 4.46. The average Bonchev–Trinajstić information content (AvgIpc) is 2.26. The number of carbonyl (C=O) groups is 1. The molecule has 18 heavy (non-hydrogen) atoms. The highest BCUT2D eigenvalue weighted by molar-refractivity contribution is 6.00. The van der Waals surface area contributed by atoms with Crippen LogP contribution in [0.4, 0.5) is 0 Å². The molecule has 3 nitrogen and oxygen atoms in total. The van der Waals surface area contributed by atoms with Crippen LogP contribution in [0, 0.1) is 17.3 Å². The normalized spacial score (nSPS) is 41.3. The first-order valence-corrected chi connectivity index (χ1v) is 6.90. The average molecular weight is 252 g/mol. The van der Waals surface area contributed by atoms with Gasteiger partial charge in [0.2, 0.25) is 0 Å². The molecule has 1 fully saturated rings. The molecule has 0 amide bonds. The zero-order valence-electron chi connectivity index (χ0n) is 11.7. The fourth-order valence-electron chi connectivity index (χ4n) is 3.61. The van der Waals surface area contributed by atoms with Gasteiger partial charge in [-0.1, -0.05) is 20.8 Å². The van der Waals surface area contributed by atoms with Crippen molar-refractivity contribution in [1.82, 2.24) is 0 Å². The van der Waals surface area contributed by atoms with Crippen LogP contribution in [-0.2, 0) is 4.79 Å². The first kappa shape index (κ1) is 13.8. The van der Waals surface area contributed by atoms with Crippen molar-refractivity contribution >= 4 is 5.78 Å². The van der Waals surface area contributed by atoms with Gasteiger partial charge in [0.1, 0.15) is 0 Å². The first-order chi connectivity index (χ1) is 8.29. The Morgan fingerprint density at radius 1 is 1.33 bits per heavy atom. The molecule has 3 heteroatoms. The number of Topliss-reactive ketones (excluding diaryl/α,β-unsaturated/α-hetero) is 1. The molecule has 0 spiro atoms. The van der Waals surface area contributed by atoms with Gasteiger partial charge in [-0.25, -0.2) is 0 Å². The van der Waals surface area contributed by atoms with Crippen LogP contribution >= 0.6 is 0 Å². The summed E-state index contributed by atoms with van der Waals surface area (Å²) in [5, 5.41) is 20.2. The van der Waals surface area contributed by atoms with E-state index < -0.39 is 17.6 Å². The predicted molar refractivity (Wildman–Crippen MR) is 70.0 cm³/mol. The summed E-state index contributed by atoms with van der Waals surface area (Å²) in [7, 11) is 0. The van der Waals surface area contributed by atoms with Crippen molar-refractivity contribution in [3.05, 3.63) is 11.1 Å². The monoisotopic (exact) mass is 252 g/mol. The van der Waals surface area contributed by atoms with E-state index in [0.717, 1.165) is 18.4 Å². The minimum atomic E-state index is -0.669. The summed E-state index contributed by atoms with van der Waals surface area (Å²) in [6.07, 6.45) is 0.756. The molecule has 0 heterocycles. The quantitative estimate of drug-likeness (QED) is 0.751. The minimum Gasteiger partial charge on any atom is -0.392 e. The fraction of sp³-hybridized carbons (Fsp3) is 0.800. The van der Waals surface area contributed by atoms with Crippen LogP contribution in [0.5, 0.6) is 0 Å². The van der Waals surface area contributed by atoms with Crippen molar-refractivity contribution in [2.75, 3.05) is 0 Å². The van der Waals surface area contributed by atoms with Crippen molar-refractivity contribution in [2.24, 2.45) is 17.3 Å². The summed E-state index contributed by atoms with van der Waals surface area (Å²) in [6, 6.07) is 0. The van der Waals surface area contributed by atoms with Gasteiger partial charge < -0.3 is 10.2 Å². The third kappa shape index (κ3) is 1.84. The molecule has 102 valence electrons. The Balaban J connectivity index is 2.48. The Kier molecular flexibility index (Phi) is 3.41. The van der Waals surface area contributed by atoms with E-state index in [2.05, 4.69) is 13.8 Å². The molecular formula is C15H24O3. The van der Waals surface area contributed by atoms with E-state index in [1.165, 1.54) is 0 Å². The standard InChI is InChI=1S/C15H24O3/c1-8(2)10-5-6-15(4)12(17)7-11(16)9(3)13(15)14(10)18/h8,10-12,16-17H,5-7H2,1-4H3. The number of hydrogen-bond donors (Lipinski definition) is 2. The topological polar surface area (TPSA) is 57.5 Å². The smallest absolute Gasteiger partial charge is 0.162 e. The van der Waals surface area contributed by atoms with Gasteiger partial charge in [-0.2, -0.15) is 0 Å². The summed E-state index contributed by atoms with van der Waals surface area (Å²) in [5.74, 6) is 0.508. The summed E-state index contributed by atoms with van der Waals surface area (Å²) in [5.41, 5.74) is 1.03. The lowest BCUT2D eigenvalue weighted by Gasteiger charge is -2.47. The van der Waals surface area contributed by atoms with Gasteiger partial charge in [-0.3, -0.25) is 4.79 Å². The van der Waals surface area contributed by atoms with Crippen LogP contribution < -0.4 is 0 Å². The highest BCUT2D eigenvalue weighted by Gasteiger charge is 2.50. The number of aliphatic hydroxyl groups excluding tert-OH is 2. The first-order valence-electron chi connectivity index (χ1n) is 6.90. The Labute approximate surface area is 109 Å². The Hall–Kier alpha value is -0.670. The van der Waals surface area contributed by atoms with E-state index in [1.807, 2.05) is 13.8 Å². The zero-order valence-corrected chi connectivity index (χ0v) is 11.7. The number of aliphatic hydroxyl groups is 2. The lowest BCUT2D eigenvalue weighted by Crippen LogP contribution is -2.49. The zero-order chi connectivity index (χ0) is 13.7. The SMILES string of the molecule is CC1=C2C(=O)C(C(C)C)CCC2(C)C(O)CC1O. The molecule has 4 unspecified atom stereocenters. The fourth-order valence-corrected chi connectivity index (χ4v) is 3.61. The molecule has 4 atom stereocenters. The highest BCUT2D eigenvalue weighted by Crippen LogP contribution is 2.50. The van der Waals surface area contributed by atoms with Gasteiger partial charge in [-0.15, -0.1) is 0 Å². The molecule has 1 saturated carbocycles. The Morgan fingerprint density at radius 2 is 1.94 bits per heavy atom. The molecule has 0 bridgehead atoms. The van der Waals surface area contributed by atoms with Crippen LogP contribution in [0.2, 0.25) is 0 Å². The maximum absolute atomic E-state index is 12.6. The van der Waals surface area contributed by atoms with Crippen molar-refractivity contribution in [3.8, 4) is 0 Å². The van der Waals surface area contributed by atoms with Crippen molar-refractivity contribution < 1.29 is 15.0 Å². The summed E-state index contributed by atoms with van der Waals surface area (Å²) in [4.78, 5) is 12.6. The number of hydrogen-bond acceptors (Lipinski definition) is 3. The van der Waals surface area contributed by atoms with Crippen LogP contribution in [0.3, 0.4) is 0 Å². The van der Waals surface area contributed by atoms with E-state index in [1.54, 1.807) is 0 Å². The molecule has 0 aromatic carbocycles. The third-order valence-electron chi connectivity index (χ3n) is 5.01. The van der Waals surface area contributed by atoms with E-state index >= 15 is 0 Å². The molecule has 2 N–H and O–H groups in total. The number of rotatable bonds is 1. The molecule has 0 aromatic heterocycles. The van der Waals surface area contributed by atoms with E-state index in [9.17, 15) is 15.0 Å². The summed E-state index contributed by atoms with van der Waals surface area (Å²) in [6.45, 7) is 7.94. The van der Waals surface area contributed by atoms with E-state index in [4.69, 9.17) is 0 Å². The van der Waals surface area contributed by atoms with Crippen molar-refractivity contribution in [3.63, 3.8) is 0 Å². The maximum atomic E-state index is 12.6. The second-order valence-electron chi connectivity index (χ2n) is 6.50. The minimum absolute atomic E-state index is 0.0422. The largest absolute Gasteiger partial charge is 0.392 e.